The lowest BCUT2D eigenvalue weighted by Gasteiger charge is -2.47. The van der Waals surface area contributed by atoms with Gasteiger partial charge in [0.05, 0.1) is 12.1 Å². The van der Waals surface area contributed by atoms with Crippen molar-refractivity contribution in [3.05, 3.63) is 0 Å². The number of hydrogen-bond acceptors (Lipinski definition) is 6. The van der Waals surface area contributed by atoms with Gasteiger partial charge in [-0.05, 0) is 47.0 Å². The molecule has 1 heterocycles. The van der Waals surface area contributed by atoms with Crippen LogP contribution in [0, 0.1) is 16.7 Å². The van der Waals surface area contributed by atoms with Crippen LogP contribution in [-0.4, -0.2) is 45.8 Å². The minimum absolute atomic E-state index is 0.180. The van der Waals surface area contributed by atoms with Crippen LogP contribution >= 0.6 is 0 Å². The molecule has 0 bridgehead atoms. The molecule has 130 valence electrons. The predicted molar refractivity (Wildman–Crippen MR) is 84.1 cm³/mol. The first-order valence-electron chi connectivity index (χ1n) is 7.86. The maximum absolute atomic E-state index is 12.7. The SMILES string of the molecule is CC[C@](C)(C(=O)OC(C)(C)C)C(N)(C(=O)O)N1CCCC1C#N. The van der Waals surface area contributed by atoms with E-state index in [4.69, 9.17) is 10.5 Å². The summed E-state index contributed by atoms with van der Waals surface area (Å²) in [5, 5.41) is 19.1. The summed E-state index contributed by atoms with van der Waals surface area (Å²) in [7, 11) is 0. The average Bonchev–Trinajstić information content (AvgIpc) is 2.91. The highest BCUT2D eigenvalue weighted by Crippen LogP contribution is 2.41. The normalized spacial score (nSPS) is 24.3. The second kappa shape index (κ2) is 6.46. The number of likely N-dealkylation sites (tertiary alicyclic amines) is 1. The summed E-state index contributed by atoms with van der Waals surface area (Å²) in [5.41, 5.74) is 2.06. The molecular formula is C16H27N3O4. The minimum atomic E-state index is -2.00. The number of aliphatic carboxylic acids is 1. The third-order valence-corrected chi connectivity index (χ3v) is 4.58. The van der Waals surface area contributed by atoms with Crippen LogP contribution in [0.1, 0.15) is 53.9 Å². The molecule has 1 aliphatic rings. The fourth-order valence-corrected chi connectivity index (χ4v) is 2.96. The van der Waals surface area contributed by atoms with Crippen molar-refractivity contribution in [2.45, 2.75) is 71.2 Å². The van der Waals surface area contributed by atoms with Crippen molar-refractivity contribution in [3.8, 4) is 6.07 Å². The highest BCUT2D eigenvalue weighted by molar-refractivity contribution is 5.90. The number of carbonyl (C=O) groups excluding carboxylic acids is 1. The molecule has 1 rings (SSSR count). The zero-order valence-corrected chi connectivity index (χ0v) is 14.5. The van der Waals surface area contributed by atoms with Crippen LogP contribution < -0.4 is 5.73 Å². The number of hydrogen-bond donors (Lipinski definition) is 2. The van der Waals surface area contributed by atoms with Gasteiger partial charge in [-0.2, -0.15) is 5.26 Å². The van der Waals surface area contributed by atoms with E-state index in [9.17, 15) is 20.0 Å². The Hall–Kier alpha value is -1.65. The Bertz CT molecular complexity index is 522. The van der Waals surface area contributed by atoms with Crippen LogP contribution in [0.3, 0.4) is 0 Å². The number of nitriles is 1. The van der Waals surface area contributed by atoms with Crippen LogP contribution in [0.5, 0.6) is 0 Å². The molecule has 2 unspecified atom stereocenters. The van der Waals surface area contributed by atoms with Gasteiger partial charge in [0.2, 0.25) is 0 Å². The first-order valence-corrected chi connectivity index (χ1v) is 7.86. The predicted octanol–water partition coefficient (Wildman–Crippen LogP) is 1.47. The lowest BCUT2D eigenvalue weighted by Crippen LogP contribution is -2.73. The Labute approximate surface area is 137 Å². The molecule has 0 amide bonds. The standard InChI is InChI=1S/C16H27N3O4/c1-6-15(5,13(22)23-14(2,3)4)16(18,12(20)21)19-9-7-8-11(19)10-17/h11H,6-9,18H2,1-5H3,(H,20,21)/t11?,15-,16?/m1/s1. The Kier molecular flexibility index (Phi) is 5.45. The number of ether oxygens (including phenoxy) is 1. The molecule has 23 heavy (non-hydrogen) atoms. The molecule has 1 fully saturated rings. The monoisotopic (exact) mass is 325 g/mol. The molecule has 7 nitrogen and oxygen atoms in total. The van der Waals surface area contributed by atoms with E-state index in [0.717, 1.165) is 0 Å². The van der Waals surface area contributed by atoms with Crippen molar-refractivity contribution in [2.24, 2.45) is 11.1 Å². The van der Waals surface area contributed by atoms with Gasteiger partial charge in [-0.15, -0.1) is 0 Å². The Morgan fingerprint density at radius 3 is 2.35 bits per heavy atom. The number of esters is 1. The summed E-state index contributed by atoms with van der Waals surface area (Å²) in [6.45, 7) is 8.71. The van der Waals surface area contributed by atoms with Gasteiger partial charge >= 0.3 is 11.9 Å². The van der Waals surface area contributed by atoms with Crippen LogP contribution in [0.15, 0.2) is 0 Å². The summed E-state index contributed by atoms with van der Waals surface area (Å²) in [6, 6.07) is 1.47. The van der Waals surface area contributed by atoms with E-state index in [1.807, 2.05) is 0 Å². The number of carbonyl (C=O) groups is 2. The molecular weight excluding hydrogens is 298 g/mol. The second-order valence-electron chi connectivity index (χ2n) is 7.24. The number of carboxylic acids is 1. The largest absolute Gasteiger partial charge is 0.479 e. The smallest absolute Gasteiger partial charge is 0.340 e. The number of nitrogens with zero attached hydrogens (tertiary/aromatic N) is 2. The highest BCUT2D eigenvalue weighted by atomic mass is 16.6. The topological polar surface area (TPSA) is 117 Å². The second-order valence-corrected chi connectivity index (χ2v) is 7.24. The van der Waals surface area contributed by atoms with Crippen molar-refractivity contribution in [3.63, 3.8) is 0 Å². The van der Waals surface area contributed by atoms with E-state index in [0.29, 0.717) is 19.4 Å². The van der Waals surface area contributed by atoms with Gasteiger partial charge in [0.15, 0.2) is 5.66 Å². The van der Waals surface area contributed by atoms with Crippen molar-refractivity contribution in [1.82, 2.24) is 4.90 Å². The summed E-state index contributed by atoms with van der Waals surface area (Å²) < 4.78 is 5.43. The van der Waals surface area contributed by atoms with E-state index >= 15 is 0 Å². The van der Waals surface area contributed by atoms with E-state index in [1.54, 1.807) is 27.7 Å². The molecule has 0 saturated carbocycles. The first kappa shape index (κ1) is 19.4. The van der Waals surface area contributed by atoms with Crippen LogP contribution in [0.4, 0.5) is 0 Å². The summed E-state index contributed by atoms with van der Waals surface area (Å²) in [4.78, 5) is 26.2. The third kappa shape index (κ3) is 3.33. The molecule has 7 heteroatoms. The highest BCUT2D eigenvalue weighted by Gasteiger charge is 2.62. The number of carboxylic acid groups (broad SMARTS) is 1. The van der Waals surface area contributed by atoms with Gasteiger partial charge in [-0.1, -0.05) is 6.92 Å². The molecule has 1 aliphatic heterocycles. The maximum atomic E-state index is 12.7. The summed E-state index contributed by atoms with van der Waals surface area (Å²) in [5.74, 6) is -1.99. The first-order chi connectivity index (χ1) is 10.4. The Balaban J connectivity index is 3.37. The molecule has 0 aromatic heterocycles. The van der Waals surface area contributed by atoms with Crippen LogP contribution in [0.2, 0.25) is 0 Å². The Morgan fingerprint density at radius 1 is 1.39 bits per heavy atom. The minimum Gasteiger partial charge on any atom is -0.479 e. The van der Waals surface area contributed by atoms with Gasteiger partial charge in [0.1, 0.15) is 11.0 Å². The van der Waals surface area contributed by atoms with E-state index < -0.39 is 34.7 Å². The molecule has 3 N–H and O–H groups in total. The summed E-state index contributed by atoms with van der Waals surface area (Å²) in [6.07, 6.45) is 1.38. The van der Waals surface area contributed by atoms with E-state index in [-0.39, 0.29) is 6.42 Å². The van der Waals surface area contributed by atoms with Crippen LogP contribution in [0.25, 0.3) is 0 Å². The molecule has 0 aromatic rings. The van der Waals surface area contributed by atoms with Crippen molar-refractivity contribution < 1.29 is 19.4 Å². The molecule has 1 saturated heterocycles. The molecule has 0 spiro atoms. The lowest BCUT2D eigenvalue weighted by atomic mass is 9.73. The van der Waals surface area contributed by atoms with Gasteiger partial charge in [0, 0.05) is 6.54 Å². The lowest BCUT2D eigenvalue weighted by molar-refractivity contribution is -0.188. The molecule has 3 atom stereocenters. The van der Waals surface area contributed by atoms with Crippen molar-refractivity contribution >= 4 is 11.9 Å². The molecule has 0 aromatic carbocycles. The van der Waals surface area contributed by atoms with Gasteiger partial charge < -0.3 is 15.6 Å². The average molecular weight is 325 g/mol. The molecule has 0 radical (unpaired) electrons. The van der Waals surface area contributed by atoms with Gasteiger partial charge in [-0.25, -0.2) is 4.79 Å². The van der Waals surface area contributed by atoms with Gasteiger partial charge in [-0.3, -0.25) is 9.69 Å². The fourth-order valence-electron chi connectivity index (χ4n) is 2.96. The summed E-state index contributed by atoms with van der Waals surface area (Å²) >= 11 is 0. The Morgan fingerprint density at radius 2 is 1.96 bits per heavy atom. The fraction of sp³-hybridized carbons (Fsp3) is 0.812. The maximum Gasteiger partial charge on any atom is 0.340 e. The van der Waals surface area contributed by atoms with E-state index in [2.05, 4.69) is 6.07 Å². The van der Waals surface area contributed by atoms with Crippen molar-refractivity contribution in [2.75, 3.05) is 6.54 Å². The van der Waals surface area contributed by atoms with Crippen LogP contribution in [-0.2, 0) is 14.3 Å². The quantitative estimate of drug-likeness (QED) is 0.735. The molecule has 0 aliphatic carbocycles. The zero-order valence-electron chi connectivity index (χ0n) is 14.5. The van der Waals surface area contributed by atoms with Crippen molar-refractivity contribution in [1.29, 1.82) is 5.26 Å². The van der Waals surface area contributed by atoms with Gasteiger partial charge in [0.25, 0.3) is 0 Å². The number of nitrogens with two attached hydrogens (primary N) is 1. The number of rotatable bonds is 5. The van der Waals surface area contributed by atoms with E-state index in [1.165, 1.54) is 11.8 Å². The zero-order chi connectivity index (χ0) is 18.1. The third-order valence-electron chi connectivity index (χ3n) is 4.58.